The van der Waals surface area contributed by atoms with Crippen molar-refractivity contribution in [2.75, 3.05) is 0 Å². The zero-order valence-corrected chi connectivity index (χ0v) is 17.7. The third kappa shape index (κ3) is 3.10. The zero-order valence-electron chi connectivity index (χ0n) is 17.7. The second kappa shape index (κ2) is 6.86. The highest BCUT2D eigenvalue weighted by atomic mass is 16.5. The number of aromatic nitrogens is 5. The molecule has 0 unspecified atom stereocenters. The van der Waals surface area contributed by atoms with Gasteiger partial charge in [-0.05, 0) is 30.5 Å². The summed E-state index contributed by atoms with van der Waals surface area (Å²) < 4.78 is 11.3. The fraction of sp³-hybridized carbons (Fsp3) is 0.348. The van der Waals surface area contributed by atoms with Crippen LogP contribution < -0.4 is 10.3 Å². The van der Waals surface area contributed by atoms with Crippen LogP contribution in [-0.2, 0) is 14.1 Å². The first-order valence-corrected chi connectivity index (χ1v) is 10.3. The Morgan fingerprint density at radius 1 is 1.10 bits per heavy atom. The van der Waals surface area contributed by atoms with E-state index in [0.717, 1.165) is 11.4 Å². The maximum absolute atomic E-state index is 12.7. The SMILES string of the molecule is CC(C)c1ncc2c(=O)n(C)c(Oc3ccc(-c4cn(C)nc4C4CC4)cc3)cn12. The van der Waals surface area contributed by atoms with E-state index in [1.54, 1.807) is 13.2 Å². The molecule has 1 aliphatic rings. The minimum atomic E-state index is -0.132. The van der Waals surface area contributed by atoms with E-state index in [4.69, 9.17) is 4.74 Å². The highest BCUT2D eigenvalue weighted by molar-refractivity contribution is 5.67. The van der Waals surface area contributed by atoms with Gasteiger partial charge >= 0.3 is 0 Å². The van der Waals surface area contributed by atoms with Crippen molar-refractivity contribution in [2.45, 2.75) is 38.5 Å². The topological polar surface area (TPSA) is 66.4 Å². The number of imidazole rings is 1. The molecule has 1 aromatic carbocycles. The van der Waals surface area contributed by atoms with Crippen LogP contribution in [0.1, 0.15) is 50.0 Å². The molecule has 0 bridgehead atoms. The first-order valence-electron chi connectivity index (χ1n) is 10.3. The molecule has 0 radical (unpaired) electrons. The van der Waals surface area contributed by atoms with Crippen LogP contribution in [0.15, 0.2) is 47.7 Å². The molecule has 3 heterocycles. The van der Waals surface area contributed by atoms with Crippen molar-refractivity contribution >= 4 is 5.52 Å². The molecule has 7 heteroatoms. The molecule has 1 saturated carbocycles. The average Bonchev–Trinajstić information content (AvgIpc) is 3.36. The van der Waals surface area contributed by atoms with E-state index in [0.29, 0.717) is 23.1 Å². The summed E-state index contributed by atoms with van der Waals surface area (Å²) in [6.45, 7) is 4.11. The van der Waals surface area contributed by atoms with Crippen LogP contribution in [0, 0.1) is 0 Å². The molecule has 0 amide bonds. The normalized spacial score (nSPS) is 14.0. The molecule has 30 heavy (non-hydrogen) atoms. The summed E-state index contributed by atoms with van der Waals surface area (Å²) in [5.41, 5.74) is 3.90. The van der Waals surface area contributed by atoms with E-state index in [9.17, 15) is 4.79 Å². The van der Waals surface area contributed by atoms with Crippen LogP contribution in [0.4, 0.5) is 0 Å². The Hall–Kier alpha value is -3.35. The van der Waals surface area contributed by atoms with Gasteiger partial charge in [0.15, 0.2) is 0 Å². The fourth-order valence-corrected chi connectivity index (χ4v) is 3.87. The zero-order chi connectivity index (χ0) is 21.0. The molecule has 154 valence electrons. The van der Waals surface area contributed by atoms with Gasteiger partial charge in [0.2, 0.25) is 5.88 Å². The second-order valence-corrected chi connectivity index (χ2v) is 8.36. The van der Waals surface area contributed by atoms with Crippen LogP contribution in [0.25, 0.3) is 16.6 Å². The van der Waals surface area contributed by atoms with Crippen LogP contribution in [-0.4, -0.2) is 23.7 Å². The minimum Gasteiger partial charge on any atom is -0.439 e. The molecule has 0 aliphatic heterocycles. The molecule has 0 atom stereocenters. The summed E-state index contributed by atoms with van der Waals surface area (Å²) in [6.07, 6.45) is 7.97. The van der Waals surface area contributed by atoms with E-state index in [-0.39, 0.29) is 11.5 Å². The Balaban J connectivity index is 1.48. The summed E-state index contributed by atoms with van der Waals surface area (Å²) in [6, 6.07) is 7.97. The number of hydrogen-bond donors (Lipinski definition) is 0. The van der Waals surface area contributed by atoms with Gasteiger partial charge in [-0.15, -0.1) is 0 Å². The van der Waals surface area contributed by atoms with Gasteiger partial charge in [-0.2, -0.15) is 5.10 Å². The molecule has 3 aromatic heterocycles. The number of benzene rings is 1. The summed E-state index contributed by atoms with van der Waals surface area (Å²) in [5, 5.41) is 4.65. The lowest BCUT2D eigenvalue weighted by Crippen LogP contribution is -2.20. The molecule has 0 spiro atoms. The molecule has 5 rings (SSSR count). The highest BCUT2D eigenvalue weighted by Crippen LogP contribution is 2.43. The Kier molecular flexibility index (Phi) is 4.27. The van der Waals surface area contributed by atoms with Crippen molar-refractivity contribution in [2.24, 2.45) is 14.1 Å². The number of rotatable bonds is 5. The van der Waals surface area contributed by atoms with Crippen LogP contribution in [0.3, 0.4) is 0 Å². The monoisotopic (exact) mass is 403 g/mol. The number of ether oxygens (including phenoxy) is 1. The lowest BCUT2D eigenvalue weighted by molar-refractivity contribution is 0.430. The molecule has 7 nitrogen and oxygen atoms in total. The van der Waals surface area contributed by atoms with Gasteiger partial charge in [0.25, 0.3) is 5.56 Å². The van der Waals surface area contributed by atoms with Gasteiger partial charge in [-0.1, -0.05) is 26.0 Å². The van der Waals surface area contributed by atoms with Crippen LogP contribution in [0.2, 0.25) is 0 Å². The number of aryl methyl sites for hydroxylation is 1. The number of hydrogen-bond acceptors (Lipinski definition) is 4. The van der Waals surface area contributed by atoms with Crippen molar-refractivity contribution in [3.05, 3.63) is 64.7 Å². The minimum absolute atomic E-state index is 0.132. The van der Waals surface area contributed by atoms with E-state index in [1.807, 2.05) is 46.6 Å². The largest absolute Gasteiger partial charge is 0.439 e. The smallest absolute Gasteiger partial charge is 0.279 e. The van der Waals surface area contributed by atoms with E-state index < -0.39 is 0 Å². The number of fused-ring (bicyclic) bond motifs is 1. The second-order valence-electron chi connectivity index (χ2n) is 8.36. The van der Waals surface area contributed by atoms with Crippen LogP contribution in [0.5, 0.6) is 11.6 Å². The Morgan fingerprint density at radius 3 is 2.50 bits per heavy atom. The van der Waals surface area contributed by atoms with Gasteiger partial charge < -0.3 is 4.74 Å². The Bertz CT molecular complexity index is 1290. The van der Waals surface area contributed by atoms with Gasteiger partial charge in [0.05, 0.1) is 18.1 Å². The van der Waals surface area contributed by atoms with Gasteiger partial charge in [-0.3, -0.25) is 18.4 Å². The van der Waals surface area contributed by atoms with Crippen molar-refractivity contribution in [3.8, 4) is 22.8 Å². The van der Waals surface area contributed by atoms with Crippen LogP contribution >= 0.6 is 0 Å². The predicted molar refractivity (Wildman–Crippen MR) is 115 cm³/mol. The van der Waals surface area contributed by atoms with E-state index in [2.05, 4.69) is 30.1 Å². The third-order valence-corrected chi connectivity index (χ3v) is 5.64. The highest BCUT2D eigenvalue weighted by Gasteiger charge is 2.29. The van der Waals surface area contributed by atoms with Gasteiger partial charge in [-0.25, -0.2) is 4.98 Å². The van der Waals surface area contributed by atoms with Crippen molar-refractivity contribution in [1.29, 1.82) is 0 Å². The van der Waals surface area contributed by atoms with Crippen molar-refractivity contribution in [1.82, 2.24) is 23.7 Å². The van der Waals surface area contributed by atoms with Crippen molar-refractivity contribution < 1.29 is 4.74 Å². The summed E-state index contributed by atoms with van der Waals surface area (Å²) in [5.74, 6) is 2.78. The summed E-state index contributed by atoms with van der Waals surface area (Å²) >= 11 is 0. The summed E-state index contributed by atoms with van der Waals surface area (Å²) in [7, 11) is 3.68. The van der Waals surface area contributed by atoms with Gasteiger partial charge in [0.1, 0.15) is 17.1 Å². The fourth-order valence-electron chi connectivity index (χ4n) is 3.87. The molecular formula is C23H25N5O2. The molecular weight excluding hydrogens is 378 g/mol. The quantitative estimate of drug-likeness (QED) is 0.500. The molecule has 0 saturated heterocycles. The first kappa shape index (κ1) is 18.7. The van der Waals surface area contributed by atoms with E-state index >= 15 is 0 Å². The average molecular weight is 403 g/mol. The maximum Gasteiger partial charge on any atom is 0.279 e. The van der Waals surface area contributed by atoms with E-state index in [1.165, 1.54) is 28.7 Å². The summed E-state index contributed by atoms with van der Waals surface area (Å²) in [4.78, 5) is 17.1. The molecule has 1 aliphatic carbocycles. The predicted octanol–water partition coefficient (Wildman–Crippen LogP) is 4.23. The molecule has 4 aromatic rings. The molecule has 0 N–H and O–H groups in total. The lowest BCUT2D eigenvalue weighted by Gasteiger charge is -2.13. The lowest BCUT2D eigenvalue weighted by atomic mass is 10.0. The number of nitrogens with zero attached hydrogens (tertiary/aromatic N) is 5. The first-order chi connectivity index (χ1) is 14.4. The third-order valence-electron chi connectivity index (χ3n) is 5.64. The Morgan fingerprint density at radius 2 is 1.83 bits per heavy atom. The Labute approximate surface area is 174 Å². The maximum atomic E-state index is 12.7. The molecule has 1 fully saturated rings. The van der Waals surface area contributed by atoms with Gasteiger partial charge in [0, 0.05) is 37.7 Å². The van der Waals surface area contributed by atoms with Crippen molar-refractivity contribution in [3.63, 3.8) is 0 Å². The standard InChI is InChI=1S/C23H25N5O2/c1-14(2)22-24-11-19-23(29)27(4)20(13-28(19)22)30-17-9-7-15(8-10-17)18-12-26(3)25-21(18)16-5-6-16/h7-14,16H,5-6H2,1-4H3.